The van der Waals surface area contributed by atoms with Crippen LogP contribution in [0.1, 0.15) is 5.56 Å². The molecule has 0 saturated heterocycles. The van der Waals surface area contributed by atoms with Crippen molar-refractivity contribution < 1.29 is 62.8 Å². The van der Waals surface area contributed by atoms with Crippen molar-refractivity contribution in [3.8, 4) is 0 Å². The Labute approximate surface area is 224 Å². The first-order valence-electron chi connectivity index (χ1n) is 5.86. The summed E-state index contributed by atoms with van der Waals surface area (Å²) >= 11 is 0. The largest absolute Gasteiger partial charge is 0.295 e. The normalized spacial score (nSPS) is 11.0. The molecule has 0 aromatic heterocycles. The molecular formula is C15H12CsFrO3S. The molecule has 3 aromatic rings. The predicted molar refractivity (Wildman–Crippen MR) is 81.8 cm³/mol. The smallest absolute Gasteiger partial charge is 0.282 e. The Kier molecular flexibility index (Phi) is 8.13. The van der Waals surface area contributed by atoms with Gasteiger partial charge in [-0.3, -0.25) is 4.55 Å². The van der Waals surface area contributed by atoms with Gasteiger partial charge in [0.25, 0.3) is 10.1 Å². The van der Waals surface area contributed by atoms with Crippen molar-refractivity contribution in [3.05, 3.63) is 54.1 Å². The summed E-state index contributed by atoms with van der Waals surface area (Å²) in [6.07, 6.45) is 0. The summed E-state index contributed by atoms with van der Waals surface area (Å²) < 4.78 is 32.5. The van der Waals surface area contributed by atoms with Gasteiger partial charge < -0.3 is 0 Å². The number of aryl methyl sites for hydroxylation is 1. The second-order valence-electron chi connectivity index (χ2n) is 4.61. The van der Waals surface area contributed by atoms with Crippen LogP contribution < -0.4 is 0 Å². The maximum absolute atomic E-state index is 11.6. The average molecular weight is 628 g/mol. The van der Waals surface area contributed by atoms with Gasteiger partial charge in [-0.05, 0) is 40.8 Å². The van der Waals surface area contributed by atoms with Crippen molar-refractivity contribution in [1.29, 1.82) is 0 Å². The van der Waals surface area contributed by atoms with E-state index in [1.165, 1.54) is 0 Å². The minimum Gasteiger partial charge on any atom is -0.282 e. The zero-order chi connectivity index (χ0) is 13.6. The fourth-order valence-electron chi connectivity index (χ4n) is 2.44. The molecule has 0 aliphatic rings. The van der Waals surface area contributed by atoms with Crippen LogP contribution >= 0.6 is 0 Å². The van der Waals surface area contributed by atoms with Gasteiger partial charge in [0.15, 0.2) is 0 Å². The topological polar surface area (TPSA) is 54.4 Å². The van der Waals surface area contributed by atoms with E-state index in [-0.39, 0.29) is 124 Å². The molecule has 0 saturated carbocycles. The molecule has 98 valence electrons. The summed E-state index contributed by atoms with van der Waals surface area (Å²) in [4.78, 5) is -0.00393. The Morgan fingerprint density at radius 2 is 1.48 bits per heavy atom. The molecule has 1 N–H and O–H groups in total. The first-order valence-corrected chi connectivity index (χ1v) is 7.30. The van der Waals surface area contributed by atoms with E-state index < -0.39 is 10.1 Å². The fraction of sp³-hybridized carbons (Fsp3) is 0.0667. The van der Waals surface area contributed by atoms with Gasteiger partial charge in [-0.1, -0.05) is 36.4 Å². The molecule has 0 bridgehead atoms. The van der Waals surface area contributed by atoms with Crippen LogP contribution in [-0.4, -0.2) is 81.9 Å². The number of hydrogen-bond acceptors (Lipinski definition) is 2. The molecule has 0 atom stereocenters. The molecule has 0 spiro atoms. The van der Waals surface area contributed by atoms with E-state index in [9.17, 15) is 13.0 Å². The quantitative estimate of drug-likeness (QED) is 0.333. The van der Waals surface area contributed by atoms with E-state index in [1.807, 2.05) is 36.4 Å². The van der Waals surface area contributed by atoms with Gasteiger partial charge in [0.1, 0.15) is 4.90 Å². The third kappa shape index (κ3) is 4.43. The summed E-state index contributed by atoms with van der Waals surface area (Å²) in [5, 5.41) is 3.35. The zero-order valence-electron chi connectivity index (χ0n) is 12.3. The summed E-state index contributed by atoms with van der Waals surface area (Å²) in [6, 6.07) is 15.0. The molecule has 0 amide bonds. The summed E-state index contributed by atoms with van der Waals surface area (Å²) in [6.45, 7) is 1.68. The van der Waals surface area contributed by atoms with Crippen LogP contribution in [-0.2, 0) is 10.1 Å². The minimum atomic E-state index is -4.23. The Bertz CT molecular complexity index is 907. The van der Waals surface area contributed by atoms with Crippen LogP contribution in [0.4, 0.5) is 0 Å². The van der Waals surface area contributed by atoms with Crippen LogP contribution in [0, 0.1) is 56.8 Å². The minimum absolute atomic E-state index is 0. The second-order valence-corrected chi connectivity index (χ2v) is 5.97. The molecule has 3 rings (SSSR count). The third-order valence-corrected chi connectivity index (χ3v) is 4.35. The van der Waals surface area contributed by atoms with E-state index in [0.29, 0.717) is 10.9 Å². The van der Waals surface area contributed by atoms with E-state index in [1.54, 1.807) is 19.1 Å². The molecular weight excluding hydrogens is 616 g/mol. The molecule has 0 unspecified atom stereocenters. The summed E-state index contributed by atoms with van der Waals surface area (Å²) in [5.74, 6) is 0. The van der Waals surface area contributed by atoms with Crippen molar-refractivity contribution in [1.82, 2.24) is 0 Å². The van der Waals surface area contributed by atoms with Gasteiger partial charge in [-0.2, -0.15) is 8.42 Å². The fourth-order valence-corrected chi connectivity index (χ4v) is 3.37. The van der Waals surface area contributed by atoms with Gasteiger partial charge in [-0.25, -0.2) is 0 Å². The number of rotatable bonds is 1. The van der Waals surface area contributed by atoms with Crippen molar-refractivity contribution in [2.75, 3.05) is 0 Å². The van der Waals surface area contributed by atoms with Gasteiger partial charge in [-0.15, -0.1) is 0 Å². The molecule has 3 nitrogen and oxygen atoms in total. The van der Waals surface area contributed by atoms with E-state index in [4.69, 9.17) is 0 Å². The number of fused-ring (bicyclic) bond motifs is 2. The average Bonchev–Trinajstić information content (AvgIpc) is 2.34. The Morgan fingerprint density at radius 1 is 0.905 bits per heavy atom. The predicted octanol–water partition coefficient (Wildman–Crippen LogP) is 3.17. The maximum atomic E-state index is 11.6. The van der Waals surface area contributed by atoms with Crippen molar-refractivity contribution >= 4 is 101 Å². The molecule has 0 aliphatic carbocycles. The molecule has 3 aromatic carbocycles. The first kappa shape index (κ1) is 20.8. The Hall–Kier alpha value is 1.74. The van der Waals surface area contributed by atoms with Crippen LogP contribution in [0.15, 0.2) is 53.4 Å². The van der Waals surface area contributed by atoms with Crippen molar-refractivity contribution in [2.45, 2.75) is 11.8 Å². The molecule has 0 aliphatic heterocycles. The second kappa shape index (κ2) is 8.21. The third-order valence-electron chi connectivity index (χ3n) is 3.29. The first-order chi connectivity index (χ1) is 8.97. The number of benzene rings is 3. The monoisotopic (exact) mass is 628 g/mol. The van der Waals surface area contributed by atoms with Crippen LogP contribution in [0.3, 0.4) is 0 Å². The standard InChI is InChI=1S/C15H12O3S.Cs.Fr/c1-10-6-7-13-8-11-4-2-3-5-12(11)9-14(13)15(10)19(16,17)18;;/h2-9H,1H3,(H,16,17,18);;. The van der Waals surface area contributed by atoms with Crippen LogP contribution in [0.5, 0.6) is 0 Å². The summed E-state index contributed by atoms with van der Waals surface area (Å²) in [7, 11) is -4.23. The van der Waals surface area contributed by atoms with E-state index in [2.05, 4.69) is 0 Å². The molecule has 2 radical (unpaired) electrons. The van der Waals surface area contributed by atoms with E-state index >= 15 is 0 Å². The Balaban J connectivity index is 0.00000110. The maximum Gasteiger partial charge on any atom is 0.295 e. The van der Waals surface area contributed by atoms with Gasteiger partial charge in [0, 0.05) is 124 Å². The number of hydrogen-bond donors (Lipinski definition) is 1. The zero-order valence-corrected chi connectivity index (χ0v) is 27.6. The van der Waals surface area contributed by atoms with Gasteiger partial charge in [0.05, 0.1) is 0 Å². The van der Waals surface area contributed by atoms with Gasteiger partial charge in [0.2, 0.25) is 0 Å². The SMILES string of the molecule is Cc1ccc2cc3ccccc3cc2c1S(=O)(=O)O.[Cs].[Fr]. The van der Waals surface area contributed by atoms with Crippen LogP contribution in [0.2, 0.25) is 0 Å². The van der Waals surface area contributed by atoms with Gasteiger partial charge >= 0.3 is 0 Å². The van der Waals surface area contributed by atoms with Crippen LogP contribution in [0.25, 0.3) is 21.5 Å². The molecule has 21 heavy (non-hydrogen) atoms. The molecule has 6 heteroatoms. The summed E-state index contributed by atoms with van der Waals surface area (Å²) in [5.41, 5.74) is 0.547. The Morgan fingerprint density at radius 3 is 2.05 bits per heavy atom. The van der Waals surface area contributed by atoms with Crippen molar-refractivity contribution in [2.24, 2.45) is 0 Å². The van der Waals surface area contributed by atoms with E-state index in [0.717, 1.165) is 16.2 Å². The molecule has 0 fully saturated rings. The molecule has 0 heterocycles. The van der Waals surface area contributed by atoms with Crippen molar-refractivity contribution in [3.63, 3.8) is 0 Å².